The maximum absolute atomic E-state index is 12.5. The molecule has 13 nitrogen and oxygen atoms in total. The maximum Gasteiger partial charge on any atom is 0.328 e. The van der Waals surface area contributed by atoms with Gasteiger partial charge in [-0.2, -0.15) is 9.97 Å². The van der Waals surface area contributed by atoms with Crippen molar-refractivity contribution in [3.05, 3.63) is 45.9 Å². The van der Waals surface area contributed by atoms with Crippen LogP contribution in [0.1, 0.15) is 35.2 Å². The number of methoxy groups -OCH3 is 1. The molecule has 0 atom stereocenters. The van der Waals surface area contributed by atoms with E-state index in [2.05, 4.69) is 15.0 Å². The molecule has 0 amide bonds. The minimum absolute atomic E-state index is 0.0181. The molecular weight excluding hydrogens is 486 g/mol. The van der Waals surface area contributed by atoms with Crippen LogP contribution in [0.15, 0.2) is 29.1 Å². The van der Waals surface area contributed by atoms with Crippen LogP contribution < -0.4 is 16.2 Å². The third kappa shape index (κ3) is 8.37. The van der Waals surface area contributed by atoms with Gasteiger partial charge in [0.25, 0.3) is 0 Å². The summed E-state index contributed by atoms with van der Waals surface area (Å²) in [6, 6.07) is 7.05. The van der Waals surface area contributed by atoms with Crippen LogP contribution in [0, 0.1) is 0 Å². The number of benzene rings is 1. The molecule has 37 heavy (non-hydrogen) atoms. The Morgan fingerprint density at radius 3 is 2.43 bits per heavy atom. The molecule has 0 radical (unpaired) electrons. The number of hydrogen-bond donors (Lipinski definition) is 3. The SMILES string of the molecule is COCCOc1nc(N)c2[nH]c(=O)n(Cc3ccc(C(=O)CCCOCCOCCC(=O)O)cc3)c2n1. The Balaban J connectivity index is 1.51. The van der Waals surface area contributed by atoms with Gasteiger partial charge in [-0.3, -0.25) is 14.2 Å². The number of ether oxygens (including phenoxy) is 4. The highest BCUT2D eigenvalue weighted by atomic mass is 16.5. The first-order chi connectivity index (χ1) is 17.9. The Morgan fingerprint density at radius 1 is 1.00 bits per heavy atom. The predicted molar refractivity (Wildman–Crippen MR) is 133 cm³/mol. The molecule has 1 aromatic carbocycles. The number of carboxylic acid groups (broad SMARTS) is 1. The monoisotopic (exact) mass is 517 g/mol. The Morgan fingerprint density at radius 2 is 1.73 bits per heavy atom. The number of nitrogens with two attached hydrogens (primary N) is 1. The zero-order chi connectivity index (χ0) is 26.6. The predicted octanol–water partition coefficient (Wildman–Crippen LogP) is 1.25. The van der Waals surface area contributed by atoms with E-state index in [4.69, 9.17) is 29.8 Å². The molecule has 0 aliphatic heterocycles. The van der Waals surface area contributed by atoms with Crippen molar-refractivity contribution in [1.82, 2.24) is 19.5 Å². The zero-order valence-electron chi connectivity index (χ0n) is 20.6. The van der Waals surface area contributed by atoms with Crippen molar-refractivity contribution in [3.8, 4) is 6.01 Å². The summed E-state index contributed by atoms with van der Waals surface area (Å²) in [7, 11) is 1.55. The Hall–Kier alpha value is -3.81. The highest BCUT2D eigenvalue weighted by molar-refractivity contribution is 5.96. The van der Waals surface area contributed by atoms with Gasteiger partial charge in [0.15, 0.2) is 17.2 Å². The Bertz CT molecular complexity index is 1240. The lowest BCUT2D eigenvalue weighted by atomic mass is 10.0. The molecule has 200 valence electrons. The molecule has 2 aromatic heterocycles. The van der Waals surface area contributed by atoms with E-state index in [9.17, 15) is 14.4 Å². The van der Waals surface area contributed by atoms with Crippen LogP contribution in [0.2, 0.25) is 0 Å². The van der Waals surface area contributed by atoms with E-state index >= 15 is 0 Å². The van der Waals surface area contributed by atoms with Crippen LogP contribution in [0.25, 0.3) is 11.2 Å². The first-order valence-corrected chi connectivity index (χ1v) is 11.8. The topological polar surface area (TPSA) is 181 Å². The van der Waals surface area contributed by atoms with Crippen LogP contribution in [0.5, 0.6) is 6.01 Å². The fourth-order valence-corrected chi connectivity index (χ4v) is 3.40. The van der Waals surface area contributed by atoms with Crippen molar-refractivity contribution in [2.24, 2.45) is 0 Å². The van der Waals surface area contributed by atoms with Crippen LogP contribution in [-0.4, -0.2) is 83.1 Å². The van der Waals surface area contributed by atoms with Crippen LogP contribution in [0.3, 0.4) is 0 Å². The first-order valence-electron chi connectivity index (χ1n) is 11.8. The minimum Gasteiger partial charge on any atom is -0.481 e. The van der Waals surface area contributed by atoms with Gasteiger partial charge in [0.2, 0.25) is 0 Å². The van der Waals surface area contributed by atoms with Gasteiger partial charge in [-0.1, -0.05) is 24.3 Å². The first kappa shape index (κ1) is 27.8. The summed E-state index contributed by atoms with van der Waals surface area (Å²) in [6.07, 6.45) is 0.833. The number of H-pyrrole nitrogens is 1. The molecule has 0 saturated carbocycles. The number of imidazole rings is 1. The molecule has 3 aromatic rings. The van der Waals surface area contributed by atoms with Gasteiger partial charge in [0.05, 0.1) is 39.4 Å². The third-order valence-corrected chi connectivity index (χ3v) is 5.29. The standard InChI is InChI=1S/C24H31N5O8/c1-34-11-14-37-23-27-21(25)20-22(28-23)29(24(33)26-20)15-16-4-6-17(7-5-16)18(30)3-2-9-35-12-13-36-10-8-19(31)32/h4-7H,2-3,8-15H2,1H3,(H,26,33)(H,31,32)(H2,25,27,28). The number of carbonyl (C=O) groups excluding carboxylic acids is 1. The van der Waals surface area contributed by atoms with E-state index in [0.717, 1.165) is 5.56 Å². The largest absolute Gasteiger partial charge is 0.481 e. The number of ketones is 1. The van der Waals surface area contributed by atoms with Crippen molar-refractivity contribution < 1.29 is 33.6 Å². The van der Waals surface area contributed by atoms with Crippen LogP contribution in [-0.2, 0) is 25.5 Å². The van der Waals surface area contributed by atoms with Gasteiger partial charge in [0, 0.05) is 25.7 Å². The van der Waals surface area contributed by atoms with Crippen molar-refractivity contribution >= 4 is 28.7 Å². The van der Waals surface area contributed by atoms with Crippen LogP contribution in [0.4, 0.5) is 5.82 Å². The number of aromatic amines is 1. The number of nitrogens with one attached hydrogen (secondary N) is 1. The lowest BCUT2D eigenvalue weighted by Crippen LogP contribution is -2.18. The van der Waals surface area contributed by atoms with Gasteiger partial charge in [-0.15, -0.1) is 0 Å². The highest BCUT2D eigenvalue weighted by Crippen LogP contribution is 2.19. The molecule has 0 fully saturated rings. The quantitative estimate of drug-likeness (QED) is 0.173. The second kappa shape index (κ2) is 14.1. The molecule has 2 heterocycles. The summed E-state index contributed by atoms with van der Waals surface area (Å²) >= 11 is 0. The average molecular weight is 518 g/mol. The molecule has 0 aliphatic carbocycles. The minimum atomic E-state index is -0.905. The van der Waals surface area contributed by atoms with Crippen molar-refractivity contribution in [3.63, 3.8) is 0 Å². The summed E-state index contributed by atoms with van der Waals surface area (Å²) in [5.41, 5.74) is 7.58. The second-order valence-corrected chi connectivity index (χ2v) is 8.04. The summed E-state index contributed by atoms with van der Waals surface area (Å²) in [5.74, 6) is -0.823. The molecule has 3 rings (SSSR count). The number of anilines is 1. The zero-order valence-corrected chi connectivity index (χ0v) is 20.6. The highest BCUT2D eigenvalue weighted by Gasteiger charge is 2.15. The van der Waals surface area contributed by atoms with Crippen molar-refractivity contribution in [2.75, 3.05) is 52.5 Å². The normalized spacial score (nSPS) is 11.2. The third-order valence-electron chi connectivity index (χ3n) is 5.29. The van der Waals surface area contributed by atoms with Gasteiger partial charge in [0.1, 0.15) is 12.1 Å². The molecule has 0 saturated heterocycles. The number of aliphatic carboxylic acids is 1. The van der Waals surface area contributed by atoms with Gasteiger partial charge in [-0.05, 0) is 12.0 Å². The number of fused-ring (bicyclic) bond motifs is 1. The number of Topliss-reactive ketones (excluding diaryl/α,β-unsaturated/α-hetero) is 1. The number of carboxylic acids is 1. The number of hydrogen-bond acceptors (Lipinski definition) is 10. The van der Waals surface area contributed by atoms with Crippen molar-refractivity contribution in [1.29, 1.82) is 0 Å². The fourth-order valence-electron chi connectivity index (χ4n) is 3.40. The van der Waals surface area contributed by atoms with E-state index < -0.39 is 11.7 Å². The van der Waals surface area contributed by atoms with Gasteiger partial charge in [-0.25, -0.2) is 4.79 Å². The fraction of sp³-hybridized carbons (Fsp3) is 0.458. The number of aromatic nitrogens is 4. The van der Waals surface area contributed by atoms with E-state index in [-0.39, 0.29) is 43.8 Å². The smallest absolute Gasteiger partial charge is 0.328 e. The summed E-state index contributed by atoms with van der Waals surface area (Å²) in [4.78, 5) is 46.4. The Kier molecular flexibility index (Phi) is 10.6. The van der Waals surface area contributed by atoms with E-state index in [1.807, 2.05) is 0 Å². The summed E-state index contributed by atoms with van der Waals surface area (Å²) in [5, 5.41) is 8.53. The number of nitrogens with zero attached hydrogens (tertiary/aromatic N) is 3. The molecular formula is C24H31N5O8. The molecule has 0 spiro atoms. The molecule has 4 N–H and O–H groups in total. The molecule has 0 bridgehead atoms. The Labute approximate surface area is 212 Å². The average Bonchev–Trinajstić information content (AvgIpc) is 3.19. The second-order valence-electron chi connectivity index (χ2n) is 8.04. The van der Waals surface area contributed by atoms with E-state index in [1.54, 1.807) is 31.4 Å². The van der Waals surface area contributed by atoms with Crippen LogP contribution >= 0.6 is 0 Å². The molecule has 0 aliphatic rings. The summed E-state index contributed by atoms with van der Waals surface area (Å²) < 4.78 is 22.3. The number of nitrogen functional groups attached to an aromatic ring is 1. The lowest BCUT2D eigenvalue weighted by molar-refractivity contribution is -0.138. The maximum atomic E-state index is 12.5. The molecule has 0 unspecified atom stereocenters. The molecule has 13 heteroatoms. The summed E-state index contributed by atoms with van der Waals surface area (Å²) in [6.45, 7) is 2.00. The van der Waals surface area contributed by atoms with Gasteiger partial charge < -0.3 is 34.8 Å². The van der Waals surface area contributed by atoms with E-state index in [1.165, 1.54) is 4.57 Å². The van der Waals surface area contributed by atoms with Gasteiger partial charge >= 0.3 is 17.7 Å². The number of rotatable bonds is 17. The number of carbonyl (C=O) groups is 2. The lowest BCUT2D eigenvalue weighted by Gasteiger charge is -2.08. The van der Waals surface area contributed by atoms with E-state index in [0.29, 0.717) is 56.0 Å². The van der Waals surface area contributed by atoms with Crippen molar-refractivity contribution in [2.45, 2.75) is 25.8 Å².